The third kappa shape index (κ3) is 4.16. The first-order valence-electron chi connectivity index (χ1n) is 7.48. The lowest BCUT2D eigenvalue weighted by Gasteiger charge is -2.22. The Labute approximate surface area is 129 Å². The molecule has 3 rings (SSSR count). The lowest BCUT2D eigenvalue weighted by Crippen LogP contribution is -2.40. The monoisotopic (exact) mass is 300 g/mol. The van der Waals surface area contributed by atoms with Gasteiger partial charge in [0.25, 0.3) is 0 Å². The molecular weight excluding hydrogens is 280 g/mol. The second kappa shape index (κ2) is 7.20. The van der Waals surface area contributed by atoms with Gasteiger partial charge in [0.05, 0.1) is 37.6 Å². The minimum absolute atomic E-state index is 0.0480. The van der Waals surface area contributed by atoms with E-state index in [1.54, 1.807) is 6.20 Å². The van der Waals surface area contributed by atoms with Crippen LogP contribution < -0.4 is 10.6 Å². The Bertz CT molecular complexity index is 606. The van der Waals surface area contributed by atoms with E-state index in [0.29, 0.717) is 25.3 Å². The van der Waals surface area contributed by atoms with E-state index < -0.39 is 0 Å². The Morgan fingerprint density at radius 2 is 2.27 bits per heavy atom. The fourth-order valence-electron chi connectivity index (χ4n) is 2.45. The maximum atomic E-state index is 12.0. The van der Waals surface area contributed by atoms with Crippen LogP contribution in [-0.2, 0) is 16.1 Å². The van der Waals surface area contributed by atoms with Gasteiger partial charge < -0.3 is 15.4 Å². The van der Waals surface area contributed by atoms with Crippen molar-refractivity contribution in [2.24, 2.45) is 0 Å². The molecule has 1 atom stereocenters. The second-order valence-corrected chi connectivity index (χ2v) is 5.36. The summed E-state index contributed by atoms with van der Waals surface area (Å²) in [5.41, 5.74) is 1.88. The lowest BCUT2D eigenvalue weighted by atomic mass is 10.2. The molecule has 1 aromatic carbocycles. The molecule has 6 nitrogen and oxygen atoms in total. The van der Waals surface area contributed by atoms with Crippen LogP contribution in [0, 0.1) is 0 Å². The van der Waals surface area contributed by atoms with Crippen molar-refractivity contribution in [2.45, 2.75) is 19.1 Å². The van der Waals surface area contributed by atoms with Crippen LogP contribution in [0.25, 0.3) is 0 Å². The minimum Gasteiger partial charge on any atom is -0.375 e. The quantitative estimate of drug-likeness (QED) is 0.872. The average Bonchev–Trinajstić information content (AvgIpc) is 2.96. The van der Waals surface area contributed by atoms with Crippen LogP contribution in [-0.4, -0.2) is 41.5 Å². The van der Waals surface area contributed by atoms with Gasteiger partial charge >= 0.3 is 0 Å². The second-order valence-electron chi connectivity index (χ2n) is 5.36. The standard InChI is InChI=1S/C16H20N4O2/c21-16(8-15-10-17-6-7-22-15)19-14-9-18-20(12-14)11-13-4-2-1-3-5-13/h1-5,9,12,15,17H,6-8,10-11H2,(H,19,21). The van der Waals surface area contributed by atoms with Crippen LogP contribution in [0.3, 0.4) is 0 Å². The van der Waals surface area contributed by atoms with Crippen molar-refractivity contribution in [3.05, 3.63) is 48.3 Å². The molecule has 1 saturated heterocycles. The number of nitrogens with zero attached hydrogens (tertiary/aromatic N) is 2. The summed E-state index contributed by atoms with van der Waals surface area (Å²) in [6.45, 7) is 2.92. The largest absolute Gasteiger partial charge is 0.375 e. The fourth-order valence-corrected chi connectivity index (χ4v) is 2.45. The van der Waals surface area contributed by atoms with Crippen LogP contribution in [0.5, 0.6) is 0 Å². The number of amides is 1. The Morgan fingerprint density at radius 1 is 1.41 bits per heavy atom. The molecule has 2 aromatic rings. The molecule has 1 aliphatic rings. The molecule has 0 aliphatic carbocycles. The van der Waals surface area contributed by atoms with Crippen LogP contribution in [0.15, 0.2) is 42.7 Å². The van der Waals surface area contributed by atoms with E-state index in [9.17, 15) is 4.79 Å². The molecule has 2 N–H and O–H groups in total. The minimum atomic E-state index is -0.0482. The van der Waals surface area contributed by atoms with Gasteiger partial charge in [0.1, 0.15) is 0 Å². The molecule has 1 fully saturated rings. The highest BCUT2D eigenvalue weighted by Crippen LogP contribution is 2.10. The molecule has 0 bridgehead atoms. The number of hydrogen-bond acceptors (Lipinski definition) is 4. The summed E-state index contributed by atoms with van der Waals surface area (Å²) in [4.78, 5) is 12.0. The molecule has 0 spiro atoms. The lowest BCUT2D eigenvalue weighted by molar-refractivity contribution is -0.119. The zero-order chi connectivity index (χ0) is 15.2. The first kappa shape index (κ1) is 14.7. The number of benzene rings is 1. The molecular formula is C16H20N4O2. The molecule has 22 heavy (non-hydrogen) atoms. The Morgan fingerprint density at radius 3 is 3.05 bits per heavy atom. The number of carbonyl (C=O) groups excluding carboxylic acids is 1. The maximum absolute atomic E-state index is 12.0. The van der Waals surface area contributed by atoms with Gasteiger partial charge in [-0.3, -0.25) is 9.48 Å². The predicted octanol–water partition coefficient (Wildman–Crippen LogP) is 1.25. The van der Waals surface area contributed by atoms with E-state index in [1.807, 2.05) is 41.2 Å². The number of anilines is 1. The van der Waals surface area contributed by atoms with E-state index >= 15 is 0 Å². The SMILES string of the molecule is O=C(CC1CNCCO1)Nc1cnn(Cc2ccccc2)c1. The molecule has 0 saturated carbocycles. The van der Waals surface area contributed by atoms with Gasteiger partial charge in [0, 0.05) is 19.3 Å². The molecule has 1 aliphatic heterocycles. The van der Waals surface area contributed by atoms with Crippen molar-refractivity contribution >= 4 is 11.6 Å². The Balaban J connectivity index is 1.51. The van der Waals surface area contributed by atoms with Crippen molar-refractivity contribution < 1.29 is 9.53 Å². The number of rotatable bonds is 5. The molecule has 0 radical (unpaired) electrons. The first-order chi connectivity index (χ1) is 10.8. The molecule has 2 heterocycles. The topological polar surface area (TPSA) is 68.2 Å². The molecule has 1 aromatic heterocycles. The first-order valence-corrected chi connectivity index (χ1v) is 7.48. The van der Waals surface area contributed by atoms with Crippen molar-refractivity contribution in [3.8, 4) is 0 Å². The molecule has 1 unspecified atom stereocenters. The highest BCUT2D eigenvalue weighted by molar-refractivity contribution is 5.90. The van der Waals surface area contributed by atoms with Crippen molar-refractivity contribution in [1.82, 2.24) is 15.1 Å². The van der Waals surface area contributed by atoms with Gasteiger partial charge in [0.15, 0.2) is 0 Å². The normalized spacial score (nSPS) is 18.1. The summed E-state index contributed by atoms with van der Waals surface area (Å²) in [7, 11) is 0. The van der Waals surface area contributed by atoms with Gasteiger partial charge in [-0.25, -0.2) is 0 Å². The zero-order valence-electron chi connectivity index (χ0n) is 12.4. The van der Waals surface area contributed by atoms with E-state index in [-0.39, 0.29) is 12.0 Å². The predicted molar refractivity (Wildman–Crippen MR) is 83.6 cm³/mol. The summed E-state index contributed by atoms with van der Waals surface area (Å²) in [6.07, 6.45) is 3.82. The van der Waals surface area contributed by atoms with Gasteiger partial charge in [-0.05, 0) is 5.56 Å². The van der Waals surface area contributed by atoms with Crippen LogP contribution in [0.2, 0.25) is 0 Å². The molecule has 1 amide bonds. The highest BCUT2D eigenvalue weighted by Gasteiger charge is 2.17. The van der Waals surface area contributed by atoms with E-state index in [2.05, 4.69) is 15.7 Å². The number of nitrogens with one attached hydrogen (secondary N) is 2. The number of morpholine rings is 1. The average molecular weight is 300 g/mol. The molecule has 6 heteroatoms. The van der Waals surface area contributed by atoms with Gasteiger partial charge in [-0.1, -0.05) is 30.3 Å². The van der Waals surface area contributed by atoms with E-state index in [4.69, 9.17) is 4.74 Å². The third-order valence-electron chi connectivity index (χ3n) is 3.52. The van der Waals surface area contributed by atoms with Crippen LogP contribution in [0.1, 0.15) is 12.0 Å². The van der Waals surface area contributed by atoms with Crippen molar-refractivity contribution in [1.29, 1.82) is 0 Å². The van der Waals surface area contributed by atoms with E-state index in [0.717, 1.165) is 13.1 Å². The summed E-state index contributed by atoms with van der Waals surface area (Å²) in [5, 5.41) is 10.3. The van der Waals surface area contributed by atoms with Crippen LogP contribution in [0.4, 0.5) is 5.69 Å². The van der Waals surface area contributed by atoms with Gasteiger partial charge in [-0.15, -0.1) is 0 Å². The summed E-state index contributed by atoms with van der Waals surface area (Å²) in [6, 6.07) is 10.1. The summed E-state index contributed by atoms with van der Waals surface area (Å²) >= 11 is 0. The highest BCUT2D eigenvalue weighted by atomic mass is 16.5. The van der Waals surface area contributed by atoms with Crippen molar-refractivity contribution in [3.63, 3.8) is 0 Å². The van der Waals surface area contributed by atoms with E-state index in [1.165, 1.54) is 5.56 Å². The van der Waals surface area contributed by atoms with Crippen LogP contribution >= 0.6 is 0 Å². The smallest absolute Gasteiger partial charge is 0.227 e. The number of aromatic nitrogens is 2. The van der Waals surface area contributed by atoms with Crippen molar-refractivity contribution in [2.75, 3.05) is 25.0 Å². The summed E-state index contributed by atoms with van der Waals surface area (Å²) < 4.78 is 7.34. The Hall–Kier alpha value is -2.18. The third-order valence-corrected chi connectivity index (χ3v) is 3.52. The maximum Gasteiger partial charge on any atom is 0.227 e. The number of carbonyl (C=O) groups is 1. The summed E-state index contributed by atoms with van der Waals surface area (Å²) in [5.74, 6) is -0.0482. The zero-order valence-corrected chi connectivity index (χ0v) is 12.4. The van der Waals surface area contributed by atoms with Gasteiger partial charge in [0.2, 0.25) is 5.91 Å². The molecule has 116 valence electrons. The fraction of sp³-hybridized carbons (Fsp3) is 0.375. The number of hydrogen-bond donors (Lipinski definition) is 2. The Kier molecular flexibility index (Phi) is 4.82. The van der Waals surface area contributed by atoms with Gasteiger partial charge in [-0.2, -0.15) is 5.10 Å². The number of ether oxygens (including phenoxy) is 1.